The third-order valence-electron chi connectivity index (χ3n) is 1.95. The summed E-state index contributed by atoms with van der Waals surface area (Å²) in [6.07, 6.45) is -4.41. The lowest BCUT2D eigenvalue weighted by Crippen LogP contribution is -2.29. The Kier molecular flexibility index (Phi) is 2.80. The van der Waals surface area contributed by atoms with Crippen molar-refractivity contribution >= 4 is 0 Å². The van der Waals surface area contributed by atoms with Crippen molar-refractivity contribution in [3.63, 3.8) is 0 Å². The second kappa shape index (κ2) is 3.57. The molecule has 2 nitrogen and oxygen atoms in total. The molecular weight excluding hydrogens is 193 g/mol. The van der Waals surface area contributed by atoms with Gasteiger partial charge < -0.3 is 5.73 Å². The summed E-state index contributed by atoms with van der Waals surface area (Å²) in [5.41, 5.74) is 6.10. The molecule has 0 aliphatic heterocycles. The summed E-state index contributed by atoms with van der Waals surface area (Å²) in [5, 5.41) is 0. The number of hydrogen-bond acceptors (Lipinski definition) is 2. The fourth-order valence-electron chi connectivity index (χ4n) is 1.20. The zero-order valence-electron chi connectivity index (χ0n) is 7.89. The van der Waals surface area contributed by atoms with E-state index in [1.165, 1.54) is 19.1 Å². The van der Waals surface area contributed by atoms with Crippen molar-refractivity contribution in [2.75, 3.05) is 0 Å². The van der Waals surface area contributed by atoms with Gasteiger partial charge in [0.05, 0.1) is 0 Å². The van der Waals surface area contributed by atoms with Crippen LogP contribution in [0.4, 0.5) is 13.2 Å². The van der Waals surface area contributed by atoms with Crippen LogP contribution in [0.5, 0.6) is 0 Å². The van der Waals surface area contributed by atoms with Crippen LogP contribution in [0, 0.1) is 13.8 Å². The third kappa shape index (κ3) is 2.23. The molecule has 0 aromatic carbocycles. The van der Waals surface area contributed by atoms with Crippen molar-refractivity contribution in [2.45, 2.75) is 26.1 Å². The minimum absolute atomic E-state index is 0.0306. The number of alkyl halides is 3. The second-order valence-electron chi connectivity index (χ2n) is 3.15. The van der Waals surface area contributed by atoms with E-state index in [-0.39, 0.29) is 5.56 Å². The topological polar surface area (TPSA) is 38.9 Å². The van der Waals surface area contributed by atoms with Crippen molar-refractivity contribution in [1.29, 1.82) is 0 Å². The number of aromatic nitrogens is 1. The van der Waals surface area contributed by atoms with Gasteiger partial charge in [-0.15, -0.1) is 0 Å². The van der Waals surface area contributed by atoms with E-state index in [0.717, 1.165) is 0 Å². The molecule has 78 valence electrons. The Morgan fingerprint density at radius 2 is 1.86 bits per heavy atom. The molecule has 1 aromatic heterocycles. The van der Waals surface area contributed by atoms with Crippen LogP contribution in [0.15, 0.2) is 12.1 Å². The minimum atomic E-state index is -4.41. The normalized spacial score (nSPS) is 14.1. The number of pyridine rings is 1. The molecule has 0 bridgehead atoms. The first-order valence-corrected chi connectivity index (χ1v) is 4.09. The van der Waals surface area contributed by atoms with E-state index >= 15 is 0 Å². The quantitative estimate of drug-likeness (QED) is 0.762. The number of aryl methyl sites for hydroxylation is 2. The number of rotatable bonds is 1. The van der Waals surface area contributed by atoms with Crippen LogP contribution in [0.1, 0.15) is 23.0 Å². The van der Waals surface area contributed by atoms with Gasteiger partial charge in [-0.1, -0.05) is 6.07 Å². The summed E-state index contributed by atoms with van der Waals surface area (Å²) in [4.78, 5) is 3.93. The van der Waals surface area contributed by atoms with E-state index in [1.807, 2.05) is 0 Å². The predicted octanol–water partition coefficient (Wildman–Crippen LogP) is 2.26. The number of nitrogens with zero attached hydrogens (tertiary/aromatic N) is 1. The maximum atomic E-state index is 12.3. The highest BCUT2D eigenvalue weighted by atomic mass is 19.4. The largest absolute Gasteiger partial charge is 0.407 e. The Morgan fingerprint density at radius 1 is 1.29 bits per heavy atom. The molecule has 0 spiro atoms. The van der Waals surface area contributed by atoms with Crippen LogP contribution in [0.3, 0.4) is 0 Å². The zero-order chi connectivity index (χ0) is 10.9. The van der Waals surface area contributed by atoms with E-state index in [2.05, 4.69) is 4.98 Å². The van der Waals surface area contributed by atoms with Crippen LogP contribution in [0.25, 0.3) is 0 Å². The first-order chi connectivity index (χ1) is 6.32. The second-order valence-corrected chi connectivity index (χ2v) is 3.15. The fraction of sp³-hybridized carbons (Fsp3) is 0.444. The van der Waals surface area contributed by atoms with Crippen molar-refractivity contribution in [3.05, 3.63) is 29.1 Å². The Morgan fingerprint density at radius 3 is 2.29 bits per heavy atom. The van der Waals surface area contributed by atoms with Gasteiger partial charge in [0.15, 0.2) is 0 Å². The van der Waals surface area contributed by atoms with Gasteiger partial charge in [-0.3, -0.25) is 4.98 Å². The summed E-state index contributed by atoms with van der Waals surface area (Å²) in [6, 6.07) is 0.944. The molecule has 1 atom stereocenters. The van der Waals surface area contributed by atoms with Gasteiger partial charge in [0, 0.05) is 11.4 Å². The summed E-state index contributed by atoms with van der Waals surface area (Å²) >= 11 is 0. The summed E-state index contributed by atoms with van der Waals surface area (Å²) in [7, 11) is 0. The van der Waals surface area contributed by atoms with Crippen LogP contribution in [0.2, 0.25) is 0 Å². The molecule has 0 saturated carbocycles. The Labute approximate surface area is 79.9 Å². The van der Waals surface area contributed by atoms with Crippen molar-refractivity contribution < 1.29 is 13.2 Å². The van der Waals surface area contributed by atoms with Crippen LogP contribution < -0.4 is 5.73 Å². The van der Waals surface area contributed by atoms with Gasteiger partial charge >= 0.3 is 6.18 Å². The molecule has 2 N–H and O–H groups in total. The van der Waals surface area contributed by atoms with Gasteiger partial charge in [0.2, 0.25) is 0 Å². The molecular formula is C9H11F3N2. The van der Waals surface area contributed by atoms with E-state index in [4.69, 9.17) is 5.73 Å². The molecule has 0 fully saturated rings. The van der Waals surface area contributed by atoms with Crippen molar-refractivity contribution in [2.24, 2.45) is 5.73 Å². The maximum Gasteiger partial charge on any atom is 0.407 e. The molecule has 5 heteroatoms. The SMILES string of the molecule is Cc1ccc([C@H](N)C(F)(F)F)c(C)n1. The van der Waals surface area contributed by atoms with Gasteiger partial charge in [-0.05, 0) is 25.5 Å². The van der Waals surface area contributed by atoms with Crippen LogP contribution in [-0.2, 0) is 0 Å². The highest BCUT2D eigenvalue weighted by molar-refractivity contribution is 5.25. The van der Waals surface area contributed by atoms with E-state index in [9.17, 15) is 13.2 Å². The fourth-order valence-corrected chi connectivity index (χ4v) is 1.20. The van der Waals surface area contributed by atoms with Crippen LogP contribution >= 0.6 is 0 Å². The molecule has 1 aromatic rings. The highest BCUT2D eigenvalue weighted by Gasteiger charge is 2.38. The highest BCUT2D eigenvalue weighted by Crippen LogP contribution is 2.31. The van der Waals surface area contributed by atoms with E-state index < -0.39 is 12.2 Å². The molecule has 0 amide bonds. The summed E-state index contributed by atoms with van der Waals surface area (Å²) < 4.78 is 36.8. The maximum absolute atomic E-state index is 12.3. The molecule has 0 unspecified atom stereocenters. The molecule has 0 aliphatic rings. The molecule has 0 aliphatic carbocycles. The lowest BCUT2D eigenvalue weighted by atomic mass is 10.1. The molecule has 1 rings (SSSR count). The zero-order valence-corrected chi connectivity index (χ0v) is 7.89. The van der Waals surface area contributed by atoms with Crippen molar-refractivity contribution in [3.8, 4) is 0 Å². The van der Waals surface area contributed by atoms with E-state index in [1.54, 1.807) is 6.92 Å². The Balaban J connectivity index is 3.08. The van der Waals surface area contributed by atoms with E-state index in [0.29, 0.717) is 11.4 Å². The molecule has 1 heterocycles. The minimum Gasteiger partial charge on any atom is -0.316 e. The first kappa shape index (κ1) is 11.0. The monoisotopic (exact) mass is 204 g/mol. The third-order valence-corrected chi connectivity index (χ3v) is 1.95. The molecule has 0 saturated heterocycles. The van der Waals surface area contributed by atoms with Gasteiger partial charge in [-0.2, -0.15) is 13.2 Å². The standard InChI is InChI=1S/C9H11F3N2/c1-5-3-4-7(6(2)14-5)8(13)9(10,11)12/h3-4,8H,13H2,1-2H3/t8-/m0/s1. The Bertz CT molecular complexity index is 333. The number of hydrogen-bond donors (Lipinski definition) is 1. The lowest BCUT2D eigenvalue weighted by molar-refractivity contribution is -0.149. The summed E-state index contributed by atoms with van der Waals surface area (Å²) in [6.45, 7) is 3.24. The average Bonchev–Trinajstić information content (AvgIpc) is 2.01. The Hall–Kier alpha value is -1.10. The lowest BCUT2D eigenvalue weighted by Gasteiger charge is -2.17. The first-order valence-electron chi connectivity index (χ1n) is 4.09. The van der Waals surface area contributed by atoms with Gasteiger partial charge in [0.1, 0.15) is 6.04 Å². The predicted molar refractivity (Wildman–Crippen MR) is 46.7 cm³/mol. The van der Waals surface area contributed by atoms with Gasteiger partial charge in [-0.25, -0.2) is 0 Å². The number of nitrogens with two attached hydrogens (primary N) is 1. The smallest absolute Gasteiger partial charge is 0.316 e. The molecule has 14 heavy (non-hydrogen) atoms. The molecule has 0 radical (unpaired) electrons. The average molecular weight is 204 g/mol. The van der Waals surface area contributed by atoms with Crippen LogP contribution in [-0.4, -0.2) is 11.2 Å². The number of halogens is 3. The van der Waals surface area contributed by atoms with Gasteiger partial charge in [0.25, 0.3) is 0 Å². The van der Waals surface area contributed by atoms with Crippen molar-refractivity contribution in [1.82, 2.24) is 4.98 Å². The summed E-state index contributed by atoms with van der Waals surface area (Å²) in [5.74, 6) is 0.